The smallest absolute Gasteiger partial charge is 0.253 e. The zero-order chi connectivity index (χ0) is 22.6. The molecule has 0 heterocycles. The van der Waals surface area contributed by atoms with E-state index in [4.69, 9.17) is 4.74 Å². The van der Waals surface area contributed by atoms with Crippen molar-refractivity contribution < 1.29 is 14.3 Å². The first-order valence-corrected chi connectivity index (χ1v) is 10.2. The van der Waals surface area contributed by atoms with Gasteiger partial charge in [0.2, 0.25) is 5.91 Å². The molecule has 2 aromatic carbocycles. The van der Waals surface area contributed by atoms with E-state index in [2.05, 4.69) is 20.9 Å². The summed E-state index contributed by atoms with van der Waals surface area (Å²) in [6, 6.07) is 14.7. The summed E-state index contributed by atoms with van der Waals surface area (Å²) < 4.78 is 5.74. The molecule has 0 radical (unpaired) electrons. The Bertz CT molecular complexity index is 901. The van der Waals surface area contributed by atoms with Gasteiger partial charge in [-0.1, -0.05) is 18.2 Å². The zero-order valence-electron chi connectivity index (χ0n) is 19.0. The third-order valence-electron chi connectivity index (χ3n) is 4.19. The van der Waals surface area contributed by atoms with Gasteiger partial charge in [0.25, 0.3) is 5.91 Å². The number of nitrogens with zero attached hydrogens (tertiary/aromatic N) is 2. The first kappa shape index (κ1) is 27.2. The average Bonchev–Trinajstić information content (AvgIpc) is 2.74. The minimum Gasteiger partial charge on any atom is -0.492 e. The highest BCUT2D eigenvalue weighted by atomic mass is 127. The number of carbonyl (C=O) groups is 2. The maximum atomic E-state index is 12.0. The van der Waals surface area contributed by atoms with E-state index in [-0.39, 0.29) is 35.8 Å². The molecular weight excluding hydrogens is 521 g/mol. The number of hydrogen-bond acceptors (Lipinski definition) is 4. The quantitative estimate of drug-likeness (QED) is 0.192. The second-order valence-corrected chi connectivity index (χ2v) is 7.08. The van der Waals surface area contributed by atoms with Gasteiger partial charge in [0.15, 0.2) is 5.96 Å². The Morgan fingerprint density at radius 3 is 2.41 bits per heavy atom. The standard InChI is InChI=1S/C23H31N5O3.HI/c1-5-24-23(26-16-18-9-11-19(12-10-18)22(30)28(3)4)25-13-14-31-21-8-6-7-20(15-21)27-17(2)29;/h6-12,15H,5,13-14,16H2,1-4H3,(H,27,29)(H2,24,25,26);1H. The van der Waals surface area contributed by atoms with E-state index in [9.17, 15) is 9.59 Å². The molecule has 0 aliphatic rings. The lowest BCUT2D eigenvalue weighted by Gasteiger charge is -2.13. The number of halogens is 1. The van der Waals surface area contributed by atoms with E-state index in [0.717, 1.165) is 12.1 Å². The predicted molar refractivity (Wildman–Crippen MR) is 139 cm³/mol. The van der Waals surface area contributed by atoms with Crippen molar-refractivity contribution in [2.75, 3.05) is 39.1 Å². The molecule has 0 saturated heterocycles. The number of rotatable bonds is 9. The van der Waals surface area contributed by atoms with Crippen molar-refractivity contribution in [2.45, 2.75) is 20.4 Å². The van der Waals surface area contributed by atoms with Crippen LogP contribution in [0.4, 0.5) is 5.69 Å². The van der Waals surface area contributed by atoms with Gasteiger partial charge in [0.05, 0.1) is 13.1 Å². The molecule has 0 aliphatic heterocycles. The minimum atomic E-state index is -0.121. The maximum absolute atomic E-state index is 12.0. The molecule has 0 aromatic heterocycles. The van der Waals surface area contributed by atoms with Crippen LogP contribution in [0.1, 0.15) is 29.8 Å². The molecule has 2 aromatic rings. The second kappa shape index (κ2) is 14.3. The number of benzene rings is 2. The normalized spacial score (nSPS) is 10.6. The monoisotopic (exact) mass is 553 g/mol. The highest BCUT2D eigenvalue weighted by molar-refractivity contribution is 14.0. The summed E-state index contributed by atoms with van der Waals surface area (Å²) in [5, 5.41) is 9.17. The van der Waals surface area contributed by atoms with Crippen LogP contribution in [0, 0.1) is 0 Å². The number of ether oxygens (including phenoxy) is 1. The fourth-order valence-corrected chi connectivity index (χ4v) is 2.73. The van der Waals surface area contributed by atoms with Crippen LogP contribution in [0.2, 0.25) is 0 Å². The third kappa shape index (κ3) is 9.54. The Morgan fingerprint density at radius 1 is 1.06 bits per heavy atom. The summed E-state index contributed by atoms with van der Waals surface area (Å²) in [4.78, 5) is 29.3. The van der Waals surface area contributed by atoms with Crippen molar-refractivity contribution in [3.8, 4) is 5.75 Å². The van der Waals surface area contributed by atoms with Crippen molar-refractivity contribution in [2.24, 2.45) is 4.99 Å². The lowest BCUT2D eigenvalue weighted by atomic mass is 10.1. The molecule has 0 aliphatic carbocycles. The highest BCUT2D eigenvalue weighted by Gasteiger charge is 2.07. The van der Waals surface area contributed by atoms with Gasteiger partial charge in [0, 0.05) is 44.9 Å². The van der Waals surface area contributed by atoms with E-state index in [0.29, 0.717) is 42.7 Å². The molecule has 2 amide bonds. The summed E-state index contributed by atoms with van der Waals surface area (Å²) >= 11 is 0. The van der Waals surface area contributed by atoms with E-state index in [1.54, 1.807) is 25.1 Å². The number of guanidine groups is 1. The number of hydrogen-bond donors (Lipinski definition) is 3. The van der Waals surface area contributed by atoms with Gasteiger partial charge in [0.1, 0.15) is 12.4 Å². The van der Waals surface area contributed by atoms with E-state index >= 15 is 0 Å². The summed E-state index contributed by atoms with van der Waals surface area (Å²) in [6.07, 6.45) is 0. The number of nitrogens with one attached hydrogen (secondary N) is 3. The molecule has 32 heavy (non-hydrogen) atoms. The van der Waals surface area contributed by atoms with Crippen molar-refractivity contribution in [3.05, 3.63) is 59.7 Å². The highest BCUT2D eigenvalue weighted by Crippen LogP contribution is 2.17. The lowest BCUT2D eigenvalue weighted by Crippen LogP contribution is -2.39. The number of aliphatic imine (C=N–C) groups is 1. The molecule has 8 nitrogen and oxygen atoms in total. The van der Waals surface area contributed by atoms with Crippen molar-refractivity contribution in [1.29, 1.82) is 0 Å². The lowest BCUT2D eigenvalue weighted by molar-refractivity contribution is -0.114. The van der Waals surface area contributed by atoms with Gasteiger partial charge < -0.3 is 25.6 Å². The van der Waals surface area contributed by atoms with Crippen LogP contribution >= 0.6 is 24.0 Å². The van der Waals surface area contributed by atoms with Crippen LogP contribution in [0.5, 0.6) is 5.75 Å². The molecule has 2 rings (SSSR count). The van der Waals surface area contributed by atoms with Gasteiger partial charge in [-0.05, 0) is 36.8 Å². The zero-order valence-corrected chi connectivity index (χ0v) is 21.3. The van der Waals surface area contributed by atoms with E-state index in [1.165, 1.54) is 6.92 Å². The summed E-state index contributed by atoms with van der Waals surface area (Å²) in [5.41, 5.74) is 2.37. The van der Waals surface area contributed by atoms with Gasteiger partial charge in [-0.2, -0.15) is 0 Å². The Labute approximate surface area is 206 Å². The molecule has 0 unspecified atom stereocenters. The van der Waals surface area contributed by atoms with Gasteiger partial charge in [-0.15, -0.1) is 24.0 Å². The molecular formula is C23H32IN5O3. The molecule has 0 saturated carbocycles. The van der Waals surface area contributed by atoms with E-state index < -0.39 is 0 Å². The molecule has 0 spiro atoms. The van der Waals surface area contributed by atoms with Crippen molar-refractivity contribution >= 4 is 47.4 Å². The summed E-state index contributed by atoms with van der Waals surface area (Å²) in [5.74, 6) is 1.23. The minimum absolute atomic E-state index is 0. The van der Waals surface area contributed by atoms with Crippen molar-refractivity contribution in [1.82, 2.24) is 15.5 Å². The molecule has 0 atom stereocenters. The third-order valence-corrected chi connectivity index (χ3v) is 4.19. The van der Waals surface area contributed by atoms with Crippen LogP contribution in [-0.2, 0) is 11.3 Å². The maximum Gasteiger partial charge on any atom is 0.253 e. The topological polar surface area (TPSA) is 95.1 Å². The number of carbonyl (C=O) groups excluding carboxylic acids is 2. The summed E-state index contributed by atoms with van der Waals surface area (Å²) in [6.45, 7) is 5.70. The second-order valence-electron chi connectivity index (χ2n) is 7.08. The van der Waals surface area contributed by atoms with Crippen LogP contribution in [-0.4, -0.2) is 56.5 Å². The van der Waals surface area contributed by atoms with Crippen LogP contribution < -0.4 is 20.7 Å². The average molecular weight is 553 g/mol. The fourth-order valence-electron chi connectivity index (χ4n) is 2.73. The van der Waals surface area contributed by atoms with E-state index in [1.807, 2.05) is 49.4 Å². The molecule has 3 N–H and O–H groups in total. The van der Waals surface area contributed by atoms with Gasteiger partial charge >= 0.3 is 0 Å². The Kier molecular flexibility index (Phi) is 12.1. The Morgan fingerprint density at radius 2 is 1.78 bits per heavy atom. The molecule has 0 fully saturated rings. The first-order valence-electron chi connectivity index (χ1n) is 10.2. The number of amides is 2. The first-order chi connectivity index (χ1) is 14.9. The van der Waals surface area contributed by atoms with Crippen LogP contribution in [0.15, 0.2) is 53.5 Å². The molecule has 9 heteroatoms. The van der Waals surface area contributed by atoms with Crippen LogP contribution in [0.3, 0.4) is 0 Å². The van der Waals surface area contributed by atoms with Gasteiger partial charge in [-0.25, -0.2) is 4.99 Å². The van der Waals surface area contributed by atoms with Crippen molar-refractivity contribution in [3.63, 3.8) is 0 Å². The van der Waals surface area contributed by atoms with Gasteiger partial charge in [-0.3, -0.25) is 9.59 Å². The fraction of sp³-hybridized carbons (Fsp3) is 0.348. The Hall–Kier alpha value is -2.82. The molecule has 174 valence electrons. The largest absolute Gasteiger partial charge is 0.492 e. The Balaban J connectivity index is 0.00000512. The number of anilines is 1. The van der Waals surface area contributed by atoms with Crippen LogP contribution in [0.25, 0.3) is 0 Å². The summed E-state index contributed by atoms with van der Waals surface area (Å²) in [7, 11) is 3.47. The SMILES string of the molecule is CCNC(=NCc1ccc(C(=O)N(C)C)cc1)NCCOc1cccc(NC(C)=O)c1.I. The predicted octanol–water partition coefficient (Wildman–Crippen LogP) is 3.10. The molecule has 0 bridgehead atoms.